The monoisotopic (exact) mass is 287 g/mol. The van der Waals surface area contributed by atoms with Crippen molar-refractivity contribution in [1.29, 1.82) is 0 Å². The van der Waals surface area contributed by atoms with E-state index in [-0.39, 0.29) is 5.41 Å². The molecule has 1 aliphatic carbocycles. The minimum Gasteiger partial charge on any atom is -0.377 e. The van der Waals surface area contributed by atoms with Gasteiger partial charge in [0, 0.05) is 30.0 Å². The van der Waals surface area contributed by atoms with E-state index < -0.39 is 0 Å². The van der Waals surface area contributed by atoms with Crippen LogP contribution in [-0.2, 0) is 4.74 Å². The van der Waals surface area contributed by atoms with Crippen LogP contribution in [0.5, 0.6) is 0 Å². The average molecular weight is 287 g/mol. The second-order valence-corrected chi connectivity index (χ2v) is 7.43. The second-order valence-electron chi connectivity index (χ2n) is 7.43. The van der Waals surface area contributed by atoms with Crippen LogP contribution in [-0.4, -0.2) is 18.8 Å². The van der Waals surface area contributed by atoms with Crippen molar-refractivity contribution in [3.63, 3.8) is 0 Å². The minimum absolute atomic E-state index is 0.253. The molecule has 2 fully saturated rings. The van der Waals surface area contributed by atoms with Gasteiger partial charge in [0.05, 0.1) is 6.10 Å². The molecule has 2 heteroatoms. The molecule has 1 saturated heterocycles. The van der Waals surface area contributed by atoms with E-state index >= 15 is 0 Å². The van der Waals surface area contributed by atoms with Gasteiger partial charge in [0.2, 0.25) is 0 Å². The molecular formula is C19H29NO. The van der Waals surface area contributed by atoms with E-state index in [4.69, 9.17) is 4.74 Å². The average Bonchev–Trinajstić information content (AvgIpc) is 2.49. The van der Waals surface area contributed by atoms with Gasteiger partial charge in [-0.15, -0.1) is 0 Å². The first-order valence-electron chi connectivity index (χ1n) is 8.48. The second kappa shape index (κ2) is 5.73. The van der Waals surface area contributed by atoms with Crippen LogP contribution >= 0.6 is 0 Å². The highest BCUT2D eigenvalue weighted by Gasteiger charge is 2.57. The third-order valence-electron chi connectivity index (χ3n) is 5.60. The van der Waals surface area contributed by atoms with Crippen LogP contribution in [0.2, 0.25) is 0 Å². The van der Waals surface area contributed by atoms with Gasteiger partial charge in [0.25, 0.3) is 0 Å². The van der Waals surface area contributed by atoms with Crippen LogP contribution in [0.1, 0.15) is 57.2 Å². The van der Waals surface area contributed by atoms with Gasteiger partial charge in [-0.2, -0.15) is 0 Å². The Morgan fingerprint density at radius 3 is 2.67 bits per heavy atom. The predicted octanol–water partition coefficient (Wildman–Crippen LogP) is 4.24. The summed E-state index contributed by atoms with van der Waals surface area (Å²) in [5, 5.41) is 3.95. The van der Waals surface area contributed by atoms with Crippen LogP contribution in [0, 0.1) is 18.3 Å². The van der Waals surface area contributed by atoms with Crippen molar-refractivity contribution >= 4 is 0 Å². The Hall–Kier alpha value is -0.860. The number of ether oxygens (including phenoxy) is 1. The molecule has 116 valence electrons. The van der Waals surface area contributed by atoms with E-state index in [1.165, 1.54) is 24.0 Å². The minimum atomic E-state index is 0.253. The third-order valence-corrected chi connectivity index (χ3v) is 5.60. The van der Waals surface area contributed by atoms with Crippen LogP contribution < -0.4 is 5.32 Å². The Balaban J connectivity index is 1.73. The zero-order valence-electron chi connectivity index (χ0n) is 13.9. The quantitative estimate of drug-likeness (QED) is 0.894. The zero-order chi connectivity index (χ0) is 15.0. The molecular weight excluding hydrogens is 258 g/mol. The van der Waals surface area contributed by atoms with Crippen molar-refractivity contribution in [2.24, 2.45) is 11.3 Å². The first-order valence-corrected chi connectivity index (χ1v) is 8.48. The number of benzene rings is 1. The van der Waals surface area contributed by atoms with Gasteiger partial charge in [-0.3, -0.25) is 0 Å². The molecule has 0 amide bonds. The summed E-state index contributed by atoms with van der Waals surface area (Å²) in [6.45, 7) is 10.1. The fourth-order valence-electron chi connectivity index (χ4n) is 4.33. The lowest BCUT2D eigenvalue weighted by molar-refractivity contribution is -0.194. The number of rotatable bonds is 4. The summed E-state index contributed by atoms with van der Waals surface area (Å²) in [4.78, 5) is 0. The summed E-state index contributed by atoms with van der Waals surface area (Å²) in [5.74, 6) is 0.702. The fourth-order valence-corrected chi connectivity index (χ4v) is 4.33. The van der Waals surface area contributed by atoms with Gasteiger partial charge in [-0.1, -0.05) is 50.6 Å². The molecule has 2 nitrogen and oxygen atoms in total. The summed E-state index contributed by atoms with van der Waals surface area (Å²) in [6.07, 6.45) is 4.13. The summed E-state index contributed by atoms with van der Waals surface area (Å²) < 4.78 is 6.02. The molecule has 0 spiro atoms. The Kier molecular flexibility index (Phi) is 4.11. The Bertz CT molecular complexity index is 479. The van der Waals surface area contributed by atoms with Crippen molar-refractivity contribution in [3.05, 3.63) is 35.4 Å². The molecule has 3 rings (SSSR count). The van der Waals surface area contributed by atoms with E-state index in [0.717, 1.165) is 13.0 Å². The summed E-state index contributed by atoms with van der Waals surface area (Å²) in [7, 11) is 0. The van der Waals surface area contributed by atoms with E-state index in [9.17, 15) is 0 Å². The molecule has 1 heterocycles. The molecule has 1 aromatic rings. The van der Waals surface area contributed by atoms with E-state index in [2.05, 4.69) is 57.3 Å². The van der Waals surface area contributed by atoms with Gasteiger partial charge in [-0.25, -0.2) is 0 Å². The lowest BCUT2D eigenvalue weighted by atomic mass is 9.55. The topological polar surface area (TPSA) is 21.3 Å². The zero-order valence-corrected chi connectivity index (χ0v) is 13.9. The Morgan fingerprint density at radius 2 is 2.00 bits per heavy atom. The maximum Gasteiger partial charge on any atom is 0.0684 e. The molecule has 1 N–H and O–H groups in total. The van der Waals surface area contributed by atoms with Gasteiger partial charge < -0.3 is 10.1 Å². The third kappa shape index (κ3) is 2.64. The summed E-state index contributed by atoms with van der Waals surface area (Å²) in [6, 6.07) is 10.0. The van der Waals surface area contributed by atoms with Crippen molar-refractivity contribution in [3.8, 4) is 0 Å². The van der Waals surface area contributed by atoms with Crippen molar-refractivity contribution < 1.29 is 4.74 Å². The van der Waals surface area contributed by atoms with Crippen LogP contribution in [0.25, 0.3) is 0 Å². The van der Waals surface area contributed by atoms with Crippen molar-refractivity contribution in [2.45, 2.75) is 65.1 Å². The number of fused-ring (bicyclic) bond motifs is 1. The van der Waals surface area contributed by atoms with E-state index in [1.807, 2.05) is 0 Å². The normalized spacial score (nSPS) is 32.1. The van der Waals surface area contributed by atoms with Crippen molar-refractivity contribution in [1.82, 2.24) is 5.32 Å². The molecule has 0 radical (unpaired) electrons. The van der Waals surface area contributed by atoms with Crippen molar-refractivity contribution in [2.75, 3.05) is 6.61 Å². The number of aryl methyl sites for hydroxylation is 1. The molecule has 4 unspecified atom stereocenters. The van der Waals surface area contributed by atoms with Gasteiger partial charge in [-0.05, 0) is 31.7 Å². The fraction of sp³-hybridized carbons (Fsp3) is 0.684. The lowest BCUT2D eigenvalue weighted by Gasteiger charge is -2.61. The van der Waals surface area contributed by atoms with Crippen LogP contribution in [0.15, 0.2) is 24.3 Å². The maximum absolute atomic E-state index is 6.02. The highest BCUT2D eigenvalue weighted by atomic mass is 16.5. The highest BCUT2D eigenvalue weighted by Crippen LogP contribution is 2.52. The van der Waals surface area contributed by atoms with Crippen LogP contribution in [0.3, 0.4) is 0 Å². The largest absolute Gasteiger partial charge is 0.377 e. The Morgan fingerprint density at radius 1 is 1.29 bits per heavy atom. The number of hydrogen-bond donors (Lipinski definition) is 1. The van der Waals surface area contributed by atoms with E-state index in [0.29, 0.717) is 24.1 Å². The molecule has 21 heavy (non-hydrogen) atoms. The summed E-state index contributed by atoms with van der Waals surface area (Å²) in [5.41, 5.74) is 3.00. The molecule has 1 aromatic carbocycles. The van der Waals surface area contributed by atoms with E-state index in [1.54, 1.807) is 0 Å². The first kappa shape index (κ1) is 15.1. The lowest BCUT2D eigenvalue weighted by Crippen LogP contribution is -2.69. The smallest absolute Gasteiger partial charge is 0.0684 e. The molecule has 1 saturated carbocycles. The van der Waals surface area contributed by atoms with Gasteiger partial charge in [0.15, 0.2) is 0 Å². The van der Waals surface area contributed by atoms with Crippen LogP contribution in [0.4, 0.5) is 0 Å². The molecule has 4 atom stereocenters. The molecule has 1 aliphatic heterocycles. The SMILES string of the molecule is CCC(NC1C2CCCOC2C1(C)C)c1ccc(C)cc1. The predicted molar refractivity (Wildman–Crippen MR) is 87.4 cm³/mol. The number of nitrogens with one attached hydrogen (secondary N) is 1. The first-order chi connectivity index (χ1) is 10.0. The van der Waals surface area contributed by atoms with Gasteiger partial charge in [0.1, 0.15) is 0 Å². The highest BCUT2D eigenvalue weighted by molar-refractivity contribution is 5.25. The molecule has 0 aromatic heterocycles. The Labute approximate surface area is 129 Å². The van der Waals surface area contributed by atoms with Gasteiger partial charge >= 0.3 is 0 Å². The number of hydrogen-bond acceptors (Lipinski definition) is 2. The summed E-state index contributed by atoms with van der Waals surface area (Å²) >= 11 is 0. The standard InChI is InChI=1S/C19H29NO/c1-5-16(14-10-8-13(2)9-11-14)20-17-15-7-6-12-21-18(15)19(17,3)4/h8-11,15-18,20H,5-7,12H2,1-4H3. The maximum atomic E-state index is 6.02. The molecule has 0 bridgehead atoms. The molecule has 2 aliphatic rings.